The Morgan fingerprint density at radius 1 is 1.35 bits per heavy atom. The van der Waals surface area contributed by atoms with Crippen LogP contribution in [0.3, 0.4) is 0 Å². The molecule has 0 aromatic carbocycles. The van der Waals surface area contributed by atoms with E-state index in [9.17, 15) is 18.4 Å². The number of rotatable bonds is 2. The van der Waals surface area contributed by atoms with Crippen molar-refractivity contribution < 1.29 is 23.1 Å². The molecule has 0 aromatic rings. The average Bonchev–Trinajstić information content (AvgIpc) is 2.17. The van der Waals surface area contributed by atoms with Gasteiger partial charge in [0.2, 0.25) is 0 Å². The molecule has 6 heteroatoms. The lowest BCUT2D eigenvalue weighted by molar-refractivity contribution is -0.138. The molecule has 17 heavy (non-hydrogen) atoms. The zero-order chi connectivity index (χ0) is 13.5. The lowest BCUT2D eigenvalue weighted by Crippen LogP contribution is -2.45. The molecule has 1 saturated heterocycles. The van der Waals surface area contributed by atoms with Crippen molar-refractivity contribution >= 4 is 12.8 Å². The van der Waals surface area contributed by atoms with Crippen LogP contribution in [0.15, 0.2) is 0 Å². The predicted molar refractivity (Wildman–Crippen MR) is 58.9 cm³/mol. The molecule has 4 nitrogen and oxygen atoms in total. The summed E-state index contributed by atoms with van der Waals surface area (Å²) in [5.74, 6) is -2.61. The van der Waals surface area contributed by atoms with Gasteiger partial charge < -0.3 is 14.8 Å². The van der Waals surface area contributed by atoms with Gasteiger partial charge in [0.1, 0.15) is 11.9 Å². The summed E-state index contributed by atoms with van der Waals surface area (Å²) in [6.45, 7) is 5.56. The third-order valence-corrected chi connectivity index (χ3v) is 2.01. The Morgan fingerprint density at radius 2 is 1.94 bits per heavy atom. The van der Waals surface area contributed by atoms with Gasteiger partial charge in [-0.15, -0.1) is 0 Å². The SMILES string of the molecule is CC(C)(C)OC=O.O=C[C@@H]1CCC(F)(F)CN1. The number of aldehydes is 1. The van der Waals surface area contributed by atoms with Crippen molar-refractivity contribution in [1.29, 1.82) is 0 Å². The fourth-order valence-electron chi connectivity index (χ4n) is 1.10. The summed E-state index contributed by atoms with van der Waals surface area (Å²) in [6.07, 6.45) is 0.745. The van der Waals surface area contributed by atoms with Gasteiger partial charge in [-0.3, -0.25) is 4.79 Å². The van der Waals surface area contributed by atoms with Crippen molar-refractivity contribution in [2.75, 3.05) is 6.54 Å². The molecule has 0 aromatic heterocycles. The fourth-order valence-corrected chi connectivity index (χ4v) is 1.10. The van der Waals surface area contributed by atoms with Crippen LogP contribution in [-0.2, 0) is 14.3 Å². The van der Waals surface area contributed by atoms with Crippen molar-refractivity contribution in [3.8, 4) is 0 Å². The first-order valence-corrected chi connectivity index (χ1v) is 5.38. The summed E-state index contributed by atoms with van der Waals surface area (Å²) >= 11 is 0. The molecule has 0 bridgehead atoms. The highest BCUT2D eigenvalue weighted by Crippen LogP contribution is 2.23. The number of alkyl halides is 2. The molecule has 1 rings (SSSR count). The topological polar surface area (TPSA) is 55.4 Å². The van der Waals surface area contributed by atoms with Gasteiger partial charge in [-0.05, 0) is 27.2 Å². The second-order valence-corrected chi connectivity index (χ2v) is 4.84. The highest BCUT2D eigenvalue weighted by atomic mass is 19.3. The number of carbonyl (C=O) groups is 2. The van der Waals surface area contributed by atoms with E-state index >= 15 is 0 Å². The number of piperidine rings is 1. The van der Waals surface area contributed by atoms with E-state index in [1.807, 2.05) is 20.8 Å². The van der Waals surface area contributed by atoms with Crippen molar-refractivity contribution in [1.82, 2.24) is 5.32 Å². The number of ether oxygens (including phenoxy) is 1. The zero-order valence-corrected chi connectivity index (χ0v) is 10.3. The third-order valence-electron chi connectivity index (χ3n) is 2.01. The summed E-state index contributed by atoms with van der Waals surface area (Å²) in [4.78, 5) is 19.7. The molecule has 1 aliphatic heterocycles. The van der Waals surface area contributed by atoms with Crippen LogP contribution >= 0.6 is 0 Å². The predicted octanol–water partition coefficient (Wildman–Crippen LogP) is 1.53. The van der Waals surface area contributed by atoms with Crippen molar-refractivity contribution in [2.45, 2.75) is 51.2 Å². The maximum Gasteiger partial charge on any atom is 0.293 e. The fraction of sp³-hybridized carbons (Fsp3) is 0.818. The Morgan fingerprint density at radius 3 is 2.18 bits per heavy atom. The molecule has 0 spiro atoms. The molecule has 1 heterocycles. The van der Waals surface area contributed by atoms with Gasteiger partial charge in [0, 0.05) is 6.42 Å². The van der Waals surface area contributed by atoms with Crippen LogP contribution in [0.1, 0.15) is 33.6 Å². The molecule has 100 valence electrons. The molecule has 0 aliphatic carbocycles. The first-order valence-electron chi connectivity index (χ1n) is 5.38. The standard InChI is InChI=1S/C6H9F2NO.C5H10O2/c7-6(8)2-1-5(3-10)9-4-6;1-5(2,3)7-4-6/h3,5,9H,1-2,4H2;4H,1-3H3/t5-;/m0./s1. The van der Waals surface area contributed by atoms with E-state index in [4.69, 9.17) is 0 Å². The minimum atomic E-state index is -2.61. The largest absolute Gasteiger partial charge is 0.462 e. The molecule has 0 radical (unpaired) electrons. The van der Waals surface area contributed by atoms with E-state index in [2.05, 4.69) is 10.1 Å². The molecular weight excluding hydrogens is 232 g/mol. The van der Waals surface area contributed by atoms with Gasteiger partial charge in [-0.25, -0.2) is 8.78 Å². The van der Waals surface area contributed by atoms with Gasteiger partial charge in [0.25, 0.3) is 12.4 Å². The Hall–Kier alpha value is -1.04. The molecule has 0 amide bonds. The molecule has 0 unspecified atom stereocenters. The Kier molecular flexibility index (Phi) is 6.23. The van der Waals surface area contributed by atoms with E-state index < -0.39 is 5.92 Å². The summed E-state index contributed by atoms with van der Waals surface area (Å²) < 4.78 is 29.2. The monoisotopic (exact) mass is 251 g/mol. The number of nitrogens with one attached hydrogen (secondary N) is 1. The van der Waals surface area contributed by atoms with E-state index in [0.717, 1.165) is 0 Å². The molecule has 1 N–H and O–H groups in total. The highest BCUT2D eigenvalue weighted by molar-refractivity contribution is 5.57. The van der Waals surface area contributed by atoms with Gasteiger partial charge in [-0.2, -0.15) is 0 Å². The Labute approximate surface area is 99.7 Å². The minimum Gasteiger partial charge on any atom is -0.462 e. The van der Waals surface area contributed by atoms with Crippen molar-refractivity contribution in [3.05, 3.63) is 0 Å². The van der Waals surface area contributed by atoms with Crippen LogP contribution < -0.4 is 5.32 Å². The molecule has 1 atom stereocenters. The van der Waals surface area contributed by atoms with Crippen molar-refractivity contribution in [3.63, 3.8) is 0 Å². The normalized spacial score (nSPS) is 23.0. The van der Waals surface area contributed by atoms with Gasteiger partial charge in [0.15, 0.2) is 0 Å². The summed E-state index contributed by atoms with van der Waals surface area (Å²) in [7, 11) is 0. The maximum atomic E-state index is 12.3. The smallest absolute Gasteiger partial charge is 0.293 e. The quantitative estimate of drug-likeness (QED) is 0.756. The maximum absolute atomic E-state index is 12.3. The van der Waals surface area contributed by atoms with Crippen LogP contribution in [-0.4, -0.2) is 36.9 Å². The highest BCUT2D eigenvalue weighted by Gasteiger charge is 2.34. The second-order valence-electron chi connectivity index (χ2n) is 4.84. The molecule has 1 fully saturated rings. The number of hydrogen-bond donors (Lipinski definition) is 1. The van der Waals surface area contributed by atoms with Gasteiger partial charge in [-0.1, -0.05) is 0 Å². The number of hydrogen-bond acceptors (Lipinski definition) is 4. The summed E-state index contributed by atoms with van der Waals surface area (Å²) in [5.41, 5.74) is -0.318. The Bertz CT molecular complexity index is 242. The van der Waals surface area contributed by atoms with Crippen molar-refractivity contribution in [2.24, 2.45) is 0 Å². The summed E-state index contributed by atoms with van der Waals surface area (Å²) in [5, 5.41) is 2.44. The van der Waals surface area contributed by atoms with E-state index in [0.29, 0.717) is 12.8 Å². The van der Waals surface area contributed by atoms with Crippen LogP contribution in [0, 0.1) is 0 Å². The van der Waals surface area contributed by atoms with E-state index in [-0.39, 0.29) is 31.0 Å². The molecule has 1 aliphatic rings. The lowest BCUT2D eigenvalue weighted by Gasteiger charge is -2.26. The van der Waals surface area contributed by atoms with E-state index in [1.165, 1.54) is 0 Å². The number of halogens is 2. The van der Waals surface area contributed by atoms with E-state index in [1.54, 1.807) is 0 Å². The lowest BCUT2D eigenvalue weighted by atomic mass is 10.0. The Balaban J connectivity index is 0.000000325. The van der Waals surface area contributed by atoms with Crippen LogP contribution in [0.5, 0.6) is 0 Å². The second kappa shape index (κ2) is 6.64. The van der Waals surface area contributed by atoms with Crippen LogP contribution in [0.2, 0.25) is 0 Å². The zero-order valence-electron chi connectivity index (χ0n) is 10.3. The molecule has 0 saturated carbocycles. The van der Waals surface area contributed by atoms with Crippen LogP contribution in [0.25, 0.3) is 0 Å². The third kappa shape index (κ3) is 8.74. The van der Waals surface area contributed by atoms with Crippen LogP contribution in [0.4, 0.5) is 8.78 Å². The minimum absolute atomic E-state index is 0.177. The first kappa shape index (κ1) is 16.0. The summed E-state index contributed by atoms with van der Waals surface area (Å²) in [6, 6.07) is -0.361. The first-order chi connectivity index (χ1) is 7.70. The molecular formula is C11H19F2NO3. The van der Waals surface area contributed by atoms with Gasteiger partial charge >= 0.3 is 0 Å². The average molecular weight is 251 g/mol. The number of carbonyl (C=O) groups excluding carboxylic acids is 2. The van der Waals surface area contributed by atoms with Gasteiger partial charge in [0.05, 0.1) is 12.6 Å².